The molecule has 0 unspecified atom stereocenters. The number of hydrogen-bond acceptors (Lipinski definition) is 2. The van der Waals surface area contributed by atoms with Crippen LogP contribution in [0, 0.1) is 0 Å². The lowest BCUT2D eigenvalue weighted by Crippen LogP contribution is -1.95. The molecule has 2 aromatic rings. The van der Waals surface area contributed by atoms with E-state index >= 15 is 0 Å². The van der Waals surface area contributed by atoms with Crippen LogP contribution in [0.5, 0.6) is 0 Å². The first-order valence-corrected chi connectivity index (χ1v) is 5.64. The predicted molar refractivity (Wildman–Crippen MR) is 65.0 cm³/mol. The Kier molecular flexibility index (Phi) is 1.99. The van der Waals surface area contributed by atoms with Crippen molar-refractivity contribution < 1.29 is 0 Å². The zero-order valence-corrected chi connectivity index (χ0v) is 9.35. The lowest BCUT2D eigenvalue weighted by atomic mass is 10.1. The minimum absolute atomic E-state index is 0.736. The van der Waals surface area contributed by atoms with Gasteiger partial charge in [-0.3, -0.25) is 4.68 Å². The van der Waals surface area contributed by atoms with Gasteiger partial charge >= 0.3 is 0 Å². The second-order valence-corrected chi connectivity index (χ2v) is 4.47. The van der Waals surface area contributed by atoms with E-state index in [1.807, 2.05) is 36.0 Å². The molecule has 0 radical (unpaired) electrons. The molecule has 1 heterocycles. The second-order valence-electron chi connectivity index (χ2n) is 4.47. The Labute approximate surface area is 94.9 Å². The van der Waals surface area contributed by atoms with Gasteiger partial charge in [-0.05, 0) is 31.0 Å². The summed E-state index contributed by atoms with van der Waals surface area (Å²) in [6.45, 7) is 0. The molecule has 0 spiro atoms. The molecule has 2 N–H and O–H groups in total. The Balaban J connectivity index is 1.99. The highest BCUT2D eigenvalue weighted by molar-refractivity contribution is 5.62. The summed E-state index contributed by atoms with van der Waals surface area (Å²) in [5, 5.41) is 4.55. The van der Waals surface area contributed by atoms with Crippen molar-refractivity contribution in [2.45, 2.75) is 18.8 Å². The van der Waals surface area contributed by atoms with E-state index in [2.05, 4.69) is 11.2 Å². The Hall–Kier alpha value is -1.77. The van der Waals surface area contributed by atoms with Crippen LogP contribution in [-0.2, 0) is 7.05 Å². The SMILES string of the molecule is Cn1nc(-c2ccc(N)cc2)cc1C1CC1. The first-order valence-electron chi connectivity index (χ1n) is 5.64. The highest BCUT2D eigenvalue weighted by Gasteiger charge is 2.27. The van der Waals surface area contributed by atoms with Crippen LogP contribution in [0.25, 0.3) is 11.3 Å². The third-order valence-corrected chi connectivity index (χ3v) is 3.12. The van der Waals surface area contributed by atoms with Gasteiger partial charge < -0.3 is 5.73 Å². The van der Waals surface area contributed by atoms with Crippen LogP contribution in [-0.4, -0.2) is 9.78 Å². The molecule has 1 aliphatic rings. The zero-order chi connectivity index (χ0) is 11.1. The van der Waals surface area contributed by atoms with Gasteiger partial charge in [-0.2, -0.15) is 5.10 Å². The van der Waals surface area contributed by atoms with Crippen LogP contribution in [0.1, 0.15) is 24.5 Å². The van der Waals surface area contributed by atoms with Gasteiger partial charge in [0.25, 0.3) is 0 Å². The molecule has 0 aliphatic heterocycles. The largest absolute Gasteiger partial charge is 0.399 e. The molecule has 3 rings (SSSR count). The van der Waals surface area contributed by atoms with Crippen LogP contribution in [0.15, 0.2) is 30.3 Å². The van der Waals surface area contributed by atoms with Crippen molar-refractivity contribution in [3.8, 4) is 11.3 Å². The molecule has 0 atom stereocenters. The molecular formula is C13H15N3. The maximum Gasteiger partial charge on any atom is 0.0926 e. The third-order valence-electron chi connectivity index (χ3n) is 3.12. The Morgan fingerprint density at radius 1 is 1.25 bits per heavy atom. The van der Waals surface area contributed by atoms with Gasteiger partial charge in [-0.15, -0.1) is 0 Å². The van der Waals surface area contributed by atoms with E-state index in [9.17, 15) is 0 Å². The number of benzene rings is 1. The lowest BCUT2D eigenvalue weighted by Gasteiger charge is -1.96. The normalized spacial score (nSPS) is 15.3. The lowest BCUT2D eigenvalue weighted by molar-refractivity contribution is 0.716. The molecule has 82 valence electrons. The van der Waals surface area contributed by atoms with Crippen molar-refractivity contribution in [2.24, 2.45) is 7.05 Å². The van der Waals surface area contributed by atoms with Gasteiger partial charge in [0.2, 0.25) is 0 Å². The standard InChI is InChI=1S/C13H15N3/c1-16-13(10-2-3-10)8-12(15-16)9-4-6-11(14)7-5-9/h4-8,10H,2-3,14H2,1H3. The van der Waals surface area contributed by atoms with Crippen molar-refractivity contribution in [3.05, 3.63) is 36.0 Å². The van der Waals surface area contributed by atoms with Crippen LogP contribution in [0.4, 0.5) is 5.69 Å². The maximum absolute atomic E-state index is 5.67. The van der Waals surface area contributed by atoms with Gasteiger partial charge in [-0.1, -0.05) is 12.1 Å². The second kappa shape index (κ2) is 3.37. The number of hydrogen-bond donors (Lipinski definition) is 1. The smallest absolute Gasteiger partial charge is 0.0926 e. The van der Waals surface area contributed by atoms with Crippen LogP contribution >= 0.6 is 0 Å². The van der Waals surface area contributed by atoms with Crippen molar-refractivity contribution in [1.82, 2.24) is 9.78 Å². The predicted octanol–water partition coefficient (Wildman–Crippen LogP) is 2.55. The number of nitrogen functional groups attached to an aromatic ring is 1. The average molecular weight is 213 g/mol. The van der Waals surface area contributed by atoms with Crippen LogP contribution in [0.2, 0.25) is 0 Å². The summed E-state index contributed by atoms with van der Waals surface area (Å²) >= 11 is 0. The molecular weight excluding hydrogens is 198 g/mol. The number of aryl methyl sites for hydroxylation is 1. The Morgan fingerprint density at radius 3 is 2.56 bits per heavy atom. The zero-order valence-electron chi connectivity index (χ0n) is 9.35. The van der Waals surface area contributed by atoms with E-state index in [1.165, 1.54) is 18.5 Å². The summed E-state index contributed by atoms with van der Waals surface area (Å²) in [5.74, 6) is 0.736. The number of rotatable bonds is 2. The molecule has 16 heavy (non-hydrogen) atoms. The summed E-state index contributed by atoms with van der Waals surface area (Å²) in [5.41, 5.74) is 10.0. The fourth-order valence-corrected chi connectivity index (χ4v) is 2.04. The highest BCUT2D eigenvalue weighted by Crippen LogP contribution is 2.40. The van der Waals surface area contributed by atoms with Gasteiger partial charge in [0.1, 0.15) is 0 Å². The van der Waals surface area contributed by atoms with Crippen molar-refractivity contribution in [1.29, 1.82) is 0 Å². The van der Waals surface area contributed by atoms with E-state index in [4.69, 9.17) is 5.73 Å². The molecule has 0 bridgehead atoms. The highest BCUT2D eigenvalue weighted by atomic mass is 15.3. The Morgan fingerprint density at radius 2 is 1.94 bits per heavy atom. The number of nitrogens with two attached hydrogens (primary N) is 1. The topological polar surface area (TPSA) is 43.8 Å². The van der Waals surface area contributed by atoms with Crippen molar-refractivity contribution in [3.63, 3.8) is 0 Å². The summed E-state index contributed by atoms with van der Waals surface area (Å²) in [6.07, 6.45) is 2.61. The quantitative estimate of drug-likeness (QED) is 0.779. The summed E-state index contributed by atoms with van der Waals surface area (Å²) in [7, 11) is 2.02. The van der Waals surface area contributed by atoms with Crippen LogP contribution < -0.4 is 5.73 Å². The molecule has 0 amide bonds. The summed E-state index contributed by atoms with van der Waals surface area (Å²) in [6, 6.07) is 10.1. The molecule has 1 aromatic heterocycles. The monoisotopic (exact) mass is 213 g/mol. The molecule has 1 fully saturated rings. The van der Waals surface area contributed by atoms with E-state index in [1.54, 1.807) is 0 Å². The van der Waals surface area contributed by atoms with E-state index in [-0.39, 0.29) is 0 Å². The molecule has 1 saturated carbocycles. The van der Waals surface area contributed by atoms with Gasteiger partial charge in [-0.25, -0.2) is 0 Å². The fourth-order valence-electron chi connectivity index (χ4n) is 2.04. The molecule has 0 saturated heterocycles. The molecule has 1 aliphatic carbocycles. The summed E-state index contributed by atoms with van der Waals surface area (Å²) in [4.78, 5) is 0. The first-order chi connectivity index (χ1) is 7.74. The first kappa shape index (κ1) is 9.46. The van der Waals surface area contributed by atoms with Gasteiger partial charge in [0, 0.05) is 29.9 Å². The third kappa shape index (κ3) is 1.58. The Bertz CT molecular complexity index is 506. The number of nitrogens with zero attached hydrogens (tertiary/aromatic N) is 2. The van der Waals surface area contributed by atoms with Crippen molar-refractivity contribution >= 4 is 5.69 Å². The average Bonchev–Trinajstić information content (AvgIpc) is 3.04. The summed E-state index contributed by atoms with van der Waals surface area (Å²) < 4.78 is 2.00. The van der Waals surface area contributed by atoms with E-state index in [0.29, 0.717) is 0 Å². The van der Waals surface area contributed by atoms with E-state index < -0.39 is 0 Å². The number of aromatic nitrogens is 2. The molecule has 3 nitrogen and oxygen atoms in total. The number of anilines is 1. The van der Waals surface area contributed by atoms with Crippen molar-refractivity contribution in [2.75, 3.05) is 5.73 Å². The van der Waals surface area contributed by atoms with Gasteiger partial charge in [0.15, 0.2) is 0 Å². The molecule has 3 heteroatoms. The minimum atomic E-state index is 0.736. The van der Waals surface area contributed by atoms with E-state index in [0.717, 1.165) is 22.9 Å². The maximum atomic E-state index is 5.67. The van der Waals surface area contributed by atoms with Gasteiger partial charge in [0.05, 0.1) is 5.69 Å². The fraction of sp³-hybridized carbons (Fsp3) is 0.308. The molecule has 1 aromatic carbocycles. The minimum Gasteiger partial charge on any atom is -0.399 e. The van der Waals surface area contributed by atoms with Crippen LogP contribution in [0.3, 0.4) is 0 Å².